The number of aromatic nitrogens is 2. The number of benzene rings is 1. The Morgan fingerprint density at radius 3 is 2.75 bits per heavy atom. The first-order chi connectivity index (χ1) is 11.6. The van der Waals surface area contributed by atoms with Crippen molar-refractivity contribution in [1.82, 2.24) is 14.5 Å². The summed E-state index contributed by atoms with van der Waals surface area (Å²) in [6.45, 7) is 2.01. The average Bonchev–Trinajstić information content (AvgIpc) is 2.59. The van der Waals surface area contributed by atoms with Gasteiger partial charge in [0.25, 0.3) is 5.56 Å². The number of carbonyl (C=O) groups is 1. The molecule has 0 N–H and O–H groups in total. The molecule has 1 aliphatic rings. The maximum Gasteiger partial charge on any atom is 0.255 e. The minimum absolute atomic E-state index is 0.0200. The van der Waals surface area contributed by atoms with Crippen LogP contribution in [0.2, 0.25) is 0 Å². The van der Waals surface area contributed by atoms with Gasteiger partial charge in [-0.3, -0.25) is 9.59 Å². The summed E-state index contributed by atoms with van der Waals surface area (Å²) in [6.07, 6.45) is 1.48. The van der Waals surface area contributed by atoms with Gasteiger partial charge in [0.15, 0.2) is 0 Å². The molecule has 1 aliphatic heterocycles. The summed E-state index contributed by atoms with van der Waals surface area (Å²) < 4.78 is 6.62. The van der Waals surface area contributed by atoms with Gasteiger partial charge >= 0.3 is 0 Å². The van der Waals surface area contributed by atoms with Crippen molar-refractivity contribution in [2.75, 3.05) is 31.6 Å². The minimum atomic E-state index is -0.133. The van der Waals surface area contributed by atoms with E-state index in [0.717, 1.165) is 11.3 Å². The van der Waals surface area contributed by atoms with E-state index in [2.05, 4.69) is 4.98 Å². The molecule has 0 atom stereocenters. The van der Waals surface area contributed by atoms with E-state index in [4.69, 9.17) is 4.74 Å². The molecule has 0 unspecified atom stereocenters. The van der Waals surface area contributed by atoms with E-state index in [9.17, 15) is 9.59 Å². The number of carbonyl (C=O) groups excluding carboxylic acids is 1. The first-order valence-electron chi connectivity index (χ1n) is 7.75. The maximum atomic E-state index is 12.4. The van der Waals surface area contributed by atoms with Crippen molar-refractivity contribution in [1.29, 1.82) is 0 Å². The summed E-state index contributed by atoms with van der Waals surface area (Å²) in [5.74, 6) is 1.35. The Bertz CT molecular complexity index is 802. The van der Waals surface area contributed by atoms with E-state index >= 15 is 0 Å². The normalized spacial score (nSPS) is 14.8. The zero-order valence-corrected chi connectivity index (χ0v) is 13.8. The molecule has 1 amide bonds. The largest absolute Gasteiger partial charge is 0.497 e. The molecule has 126 valence electrons. The van der Waals surface area contributed by atoms with Crippen molar-refractivity contribution >= 4 is 11.7 Å². The topological polar surface area (TPSA) is 67.7 Å². The summed E-state index contributed by atoms with van der Waals surface area (Å²) in [7, 11) is 3.27. The van der Waals surface area contributed by atoms with Crippen LogP contribution < -0.4 is 15.2 Å². The molecule has 0 bridgehead atoms. The highest BCUT2D eigenvalue weighted by molar-refractivity contribution is 5.82. The minimum Gasteiger partial charge on any atom is -0.497 e. The van der Waals surface area contributed by atoms with Gasteiger partial charge in [-0.2, -0.15) is 0 Å². The summed E-state index contributed by atoms with van der Waals surface area (Å²) >= 11 is 0. The van der Waals surface area contributed by atoms with E-state index in [1.807, 2.05) is 34.1 Å². The van der Waals surface area contributed by atoms with Gasteiger partial charge in [-0.25, -0.2) is 4.98 Å². The second-order valence-electron chi connectivity index (χ2n) is 5.78. The molecule has 2 heterocycles. The van der Waals surface area contributed by atoms with E-state index in [1.54, 1.807) is 14.2 Å². The Balaban J connectivity index is 1.67. The van der Waals surface area contributed by atoms with Crippen LogP contribution in [0, 0.1) is 0 Å². The number of methoxy groups -OCH3 is 1. The van der Waals surface area contributed by atoms with Crippen molar-refractivity contribution in [3.05, 3.63) is 52.6 Å². The highest BCUT2D eigenvalue weighted by Crippen LogP contribution is 2.17. The molecular weight excluding hydrogens is 308 g/mol. The summed E-state index contributed by atoms with van der Waals surface area (Å²) in [5.41, 5.74) is 0.897. The number of piperazine rings is 1. The van der Waals surface area contributed by atoms with Gasteiger partial charge in [0.05, 0.1) is 20.0 Å². The molecule has 7 heteroatoms. The van der Waals surface area contributed by atoms with Crippen LogP contribution in [0.5, 0.6) is 5.75 Å². The van der Waals surface area contributed by atoms with Gasteiger partial charge in [0.2, 0.25) is 5.91 Å². The van der Waals surface area contributed by atoms with Gasteiger partial charge in [-0.05, 0) is 17.7 Å². The van der Waals surface area contributed by atoms with Crippen LogP contribution in [0.25, 0.3) is 0 Å². The zero-order chi connectivity index (χ0) is 17.1. The Hall–Kier alpha value is -2.83. The smallest absolute Gasteiger partial charge is 0.255 e. The van der Waals surface area contributed by atoms with E-state index in [0.29, 0.717) is 25.5 Å². The molecule has 1 saturated heterocycles. The Kier molecular flexibility index (Phi) is 4.50. The fraction of sp³-hybridized carbons (Fsp3) is 0.353. The average molecular weight is 328 g/mol. The van der Waals surface area contributed by atoms with Crippen LogP contribution in [0.15, 0.2) is 41.5 Å². The van der Waals surface area contributed by atoms with Crippen LogP contribution >= 0.6 is 0 Å². The van der Waals surface area contributed by atoms with Crippen molar-refractivity contribution in [2.45, 2.75) is 6.54 Å². The number of aryl methyl sites for hydroxylation is 1. The number of rotatable bonds is 4. The molecule has 0 aliphatic carbocycles. The van der Waals surface area contributed by atoms with Gasteiger partial charge in [-0.1, -0.05) is 12.1 Å². The summed E-state index contributed by atoms with van der Waals surface area (Å²) in [4.78, 5) is 32.0. The molecule has 24 heavy (non-hydrogen) atoms. The lowest BCUT2D eigenvalue weighted by Crippen LogP contribution is -2.50. The quantitative estimate of drug-likeness (QED) is 0.824. The zero-order valence-electron chi connectivity index (χ0n) is 13.8. The predicted octanol–water partition coefficient (Wildman–Crippen LogP) is 0.638. The van der Waals surface area contributed by atoms with Gasteiger partial charge < -0.3 is 19.1 Å². The lowest BCUT2D eigenvalue weighted by molar-refractivity contribution is -0.131. The van der Waals surface area contributed by atoms with Crippen LogP contribution in [-0.2, 0) is 18.4 Å². The molecule has 3 rings (SSSR count). The second-order valence-corrected chi connectivity index (χ2v) is 5.78. The molecule has 1 aromatic carbocycles. The predicted molar refractivity (Wildman–Crippen MR) is 90.1 cm³/mol. The Morgan fingerprint density at radius 2 is 2.04 bits per heavy atom. The van der Waals surface area contributed by atoms with E-state index in [-0.39, 0.29) is 18.0 Å². The van der Waals surface area contributed by atoms with E-state index in [1.165, 1.54) is 17.0 Å². The highest BCUT2D eigenvalue weighted by Gasteiger charge is 2.25. The fourth-order valence-corrected chi connectivity index (χ4v) is 2.69. The third-order valence-electron chi connectivity index (χ3n) is 4.11. The third kappa shape index (κ3) is 3.40. The Labute approximate surface area is 140 Å². The maximum absolute atomic E-state index is 12.4. The summed E-state index contributed by atoms with van der Waals surface area (Å²) in [6, 6.07) is 9.17. The first-order valence-corrected chi connectivity index (χ1v) is 7.75. The molecule has 0 spiro atoms. The van der Waals surface area contributed by atoms with Crippen molar-refractivity contribution in [2.24, 2.45) is 7.05 Å². The van der Waals surface area contributed by atoms with Crippen LogP contribution in [0.4, 0.5) is 5.82 Å². The number of ether oxygens (including phenoxy) is 1. The number of anilines is 1. The fourth-order valence-electron chi connectivity index (χ4n) is 2.69. The number of hydrogen-bond donors (Lipinski definition) is 0. The molecule has 1 fully saturated rings. The van der Waals surface area contributed by atoms with Crippen LogP contribution in [0.3, 0.4) is 0 Å². The van der Waals surface area contributed by atoms with E-state index < -0.39 is 0 Å². The number of amides is 1. The first kappa shape index (κ1) is 16.0. The molecular formula is C17H20N4O3. The van der Waals surface area contributed by atoms with Gasteiger partial charge in [0, 0.05) is 32.7 Å². The number of hydrogen-bond acceptors (Lipinski definition) is 5. The summed E-state index contributed by atoms with van der Waals surface area (Å²) in [5, 5.41) is 0. The highest BCUT2D eigenvalue weighted by atomic mass is 16.5. The molecule has 1 aromatic heterocycles. The van der Waals surface area contributed by atoms with Crippen molar-refractivity contribution in [3.63, 3.8) is 0 Å². The molecule has 0 radical (unpaired) electrons. The molecule has 7 nitrogen and oxygen atoms in total. The second kappa shape index (κ2) is 6.74. The van der Waals surface area contributed by atoms with Crippen molar-refractivity contribution in [3.8, 4) is 5.75 Å². The van der Waals surface area contributed by atoms with Crippen molar-refractivity contribution < 1.29 is 9.53 Å². The van der Waals surface area contributed by atoms with Crippen LogP contribution in [-0.4, -0.2) is 47.1 Å². The number of nitrogens with zero attached hydrogens (tertiary/aromatic N) is 4. The third-order valence-corrected chi connectivity index (χ3v) is 4.11. The standard InChI is InChI=1S/C17H20N4O3/c1-19-12-18-15(9-16(19)22)20-6-7-21(17(23)11-20)10-13-4-3-5-14(8-13)24-2/h3-5,8-9,12H,6-7,10-11H2,1-2H3. The molecule has 0 saturated carbocycles. The monoisotopic (exact) mass is 328 g/mol. The lowest BCUT2D eigenvalue weighted by Gasteiger charge is -2.35. The lowest BCUT2D eigenvalue weighted by atomic mass is 10.2. The van der Waals surface area contributed by atoms with Crippen LogP contribution in [0.1, 0.15) is 5.56 Å². The Morgan fingerprint density at radius 1 is 1.21 bits per heavy atom. The molecule has 2 aromatic rings. The van der Waals surface area contributed by atoms with Gasteiger partial charge in [-0.15, -0.1) is 0 Å². The SMILES string of the molecule is COc1cccc(CN2CCN(c3cc(=O)n(C)cn3)CC2=O)c1. The van der Waals surface area contributed by atoms with Gasteiger partial charge in [0.1, 0.15) is 11.6 Å².